The molecule has 0 spiro atoms. The Balaban J connectivity index is 1.91. The largest absolute Gasteiger partial charge is 0.456 e. The highest BCUT2D eigenvalue weighted by atomic mass is 16.3. The summed E-state index contributed by atoms with van der Waals surface area (Å²) < 4.78 is 68.3. The number of nitrogens with zero attached hydrogens (tertiary/aromatic N) is 2. The van der Waals surface area contributed by atoms with Crippen molar-refractivity contribution < 1.29 is 18.6 Å². The van der Waals surface area contributed by atoms with Gasteiger partial charge in [-0.15, -0.1) is 0 Å². The van der Waals surface area contributed by atoms with Crippen LogP contribution in [0.15, 0.2) is 40.8 Å². The van der Waals surface area contributed by atoms with Gasteiger partial charge in [0.15, 0.2) is 11.4 Å². The summed E-state index contributed by atoms with van der Waals surface area (Å²) in [6.07, 6.45) is 4.19. The van der Waals surface area contributed by atoms with E-state index in [2.05, 4.69) is 4.85 Å². The zero-order valence-electron chi connectivity index (χ0n) is 26.6. The molecule has 2 aromatic heterocycles. The molecule has 5 rings (SSSR count). The van der Waals surface area contributed by atoms with Crippen LogP contribution < -0.4 is 4.57 Å². The van der Waals surface area contributed by atoms with E-state index in [1.165, 1.54) is 6.92 Å². The normalized spacial score (nSPS) is 21.1. The first kappa shape index (κ1) is 14.9. The number of rotatable bonds is 3. The smallest absolute Gasteiger partial charge is 0.216 e. The van der Waals surface area contributed by atoms with E-state index in [0.29, 0.717) is 52.2 Å². The number of aromatic nitrogens is 1. The van der Waals surface area contributed by atoms with E-state index >= 15 is 0 Å². The second kappa shape index (κ2) is 8.34. The zero-order valence-corrected chi connectivity index (χ0v) is 19.6. The number of furan rings is 1. The third-order valence-electron chi connectivity index (χ3n) is 6.93. The molecule has 1 atom stereocenters. The lowest BCUT2D eigenvalue weighted by Crippen LogP contribution is -2.35. The molecule has 0 amide bonds. The van der Waals surface area contributed by atoms with E-state index in [4.69, 9.17) is 17.8 Å². The molecule has 0 aliphatic heterocycles. The van der Waals surface area contributed by atoms with Gasteiger partial charge in [-0.1, -0.05) is 57.3 Å². The first-order valence-electron chi connectivity index (χ1n) is 15.0. The van der Waals surface area contributed by atoms with E-state index in [-0.39, 0.29) is 17.6 Å². The van der Waals surface area contributed by atoms with Crippen molar-refractivity contribution in [2.24, 2.45) is 7.05 Å². The molecule has 3 heteroatoms. The summed E-state index contributed by atoms with van der Waals surface area (Å²) in [5.74, 6) is -3.11. The number of fused-ring (bicyclic) bond motifs is 3. The number of pyridine rings is 1. The van der Waals surface area contributed by atoms with Crippen LogP contribution in [0.2, 0.25) is 0 Å². The minimum absolute atomic E-state index is 0.142. The molecule has 0 radical (unpaired) electrons. The summed E-state index contributed by atoms with van der Waals surface area (Å²) in [5.41, 5.74) is 3.98. The fraction of sp³-hybridized carbons (Fsp3) is 0.400. The molecule has 1 aliphatic rings. The SMILES string of the molecule is [2H]c1c(C([2H])(C)C([2H])([2H])[2H])c([2H])c(-c2c(C)ccc3c2oc2c(C4([2H])CCCCC4)c([N+]#[C-])ccc23)[n+](C)c1C. The minimum Gasteiger partial charge on any atom is -0.456 e. The average Bonchev–Trinajstić information content (AvgIpc) is 3.26. The highest BCUT2D eigenvalue weighted by molar-refractivity contribution is 6.11. The van der Waals surface area contributed by atoms with Gasteiger partial charge in [-0.05, 0) is 42.7 Å². The highest BCUT2D eigenvalue weighted by Gasteiger charge is 2.27. The Labute approximate surface area is 206 Å². The Morgan fingerprint density at radius 1 is 1.15 bits per heavy atom. The van der Waals surface area contributed by atoms with Crippen LogP contribution in [-0.4, -0.2) is 0 Å². The van der Waals surface area contributed by atoms with Crippen LogP contribution in [-0.2, 0) is 7.05 Å². The molecule has 1 saturated carbocycles. The fourth-order valence-electron chi connectivity index (χ4n) is 5.03. The number of aryl methyl sites for hydroxylation is 1. The van der Waals surface area contributed by atoms with Gasteiger partial charge < -0.3 is 4.42 Å². The fourth-order valence-corrected chi connectivity index (χ4v) is 5.03. The number of hydrogen-bond donors (Lipinski definition) is 0. The van der Waals surface area contributed by atoms with Crippen LogP contribution in [0.3, 0.4) is 0 Å². The van der Waals surface area contributed by atoms with Gasteiger partial charge in [-0.25, -0.2) is 4.85 Å². The van der Waals surface area contributed by atoms with Crippen LogP contribution in [0.5, 0.6) is 0 Å². The molecule has 0 bridgehead atoms. The summed E-state index contributed by atoms with van der Waals surface area (Å²) in [4.78, 5) is 3.76. The predicted molar refractivity (Wildman–Crippen MR) is 136 cm³/mol. The van der Waals surface area contributed by atoms with E-state index in [1.54, 1.807) is 24.6 Å². The van der Waals surface area contributed by atoms with Crippen LogP contribution in [0.1, 0.15) is 89.6 Å². The van der Waals surface area contributed by atoms with Gasteiger partial charge in [0, 0.05) is 42.2 Å². The van der Waals surface area contributed by atoms with E-state index in [1.807, 2.05) is 25.1 Å². The maximum absolute atomic E-state index is 9.36. The first-order chi connectivity index (χ1) is 18.7. The van der Waals surface area contributed by atoms with Crippen LogP contribution in [0, 0.1) is 20.4 Å². The van der Waals surface area contributed by atoms with Gasteiger partial charge in [0.2, 0.25) is 5.69 Å². The Morgan fingerprint density at radius 2 is 1.88 bits per heavy atom. The first-order valence-corrected chi connectivity index (χ1v) is 11.5. The van der Waals surface area contributed by atoms with Crippen LogP contribution in [0.25, 0.3) is 38.0 Å². The van der Waals surface area contributed by atoms with Crippen molar-refractivity contribution in [3.63, 3.8) is 0 Å². The summed E-state index contributed by atoms with van der Waals surface area (Å²) in [6.45, 7) is 9.88. The molecule has 4 aromatic rings. The molecule has 2 heterocycles. The lowest BCUT2D eigenvalue weighted by atomic mass is 9.82. The molecule has 1 unspecified atom stereocenters. The van der Waals surface area contributed by atoms with Gasteiger partial charge in [0.05, 0.1) is 14.9 Å². The third kappa shape index (κ3) is 3.53. The van der Waals surface area contributed by atoms with E-state index in [0.717, 1.165) is 35.6 Å². The highest BCUT2D eigenvalue weighted by Crippen LogP contribution is 2.46. The van der Waals surface area contributed by atoms with Gasteiger partial charge in [-0.2, -0.15) is 4.57 Å². The van der Waals surface area contributed by atoms with Gasteiger partial charge in [0.25, 0.3) is 0 Å². The summed E-state index contributed by atoms with van der Waals surface area (Å²) in [7, 11) is 1.73. The topological polar surface area (TPSA) is 21.4 Å². The summed E-state index contributed by atoms with van der Waals surface area (Å²) in [6, 6.07) is 7.12. The molecule has 168 valence electrons. The summed E-state index contributed by atoms with van der Waals surface area (Å²) >= 11 is 0. The Kier molecular flexibility index (Phi) is 3.77. The predicted octanol–water partition coefficient (Wildman–Crippen LogP) is 8.42. The van der Waals surface area contributed by atoms with E-state index in [9.17, 15) is 2.74 Å². The minimum atomic E-state index is -2.75. The quantitative estimate of drug-likeness (QED) is 0.229. The standard InChI is InChI=1S/C30H33N2O/c1-18(2)22-16-20(4)32(6)26(17-22)27-19(3)12-13-23-24-14-15-25(31-5)28(30(24)33-29(23)27)21-10-8-7-9-11-21/h12-18,21H,7-11H2,1-4,6H3/q+1/i1D3,16D,17D,18D,21D. The second-order valence-electron chi connectivity index (χ2n) is 9.09. The maximum Gasteiger partial charge on any atom is 0.216 e. The maximum atomic E-state index is 9.36. The molecule has 0 saturated heterocycles. The Hall–Kier alpha value is -3.12. The van der Waals surface area contributed by atoms with Crippen molar-refractivity contribution in [3.05, 3.63) is 70.2 Å². The molecular formula is C30H33N2O+. The van der Waals surface area contributed by atoms with Crippen molar-refractivity contribution in [1.82, 2.24) is 0 Å². The lowest BCUT2D eigenvalue weighted by Gasteiger charge is -2.23. The molecule has 0 N–H and O–H groups in total. The van der Waals surface area contributed by atoms with Gasteiger partial charge in [-0.3, -0.25) is 0 Å². The molecule has 1 fully saturated rings. The monoisotopic (exact) mass is 444 g/mol. The average molecular weight is 445 g/mol. The van der Waals surface area contributed by atoms with Crippen LogP contribution >= 0.6 is 0 Å². The second-order valence-corrected chi connectivity index (χ2v) is 9.09. The molecule has 3 nitrogen and oxygen atoms in total. The Bertz CT molecular complexity index is 1720. The van der Waals surface area contributed by atoms with Crippen molar-refractivity contribution >= 4 is 27.6 Å². The van der Waals surface area contributed by atoms with Gasteiger partial charge >= 0.3 is 0 Å². The summed E-state index contributed by atoms with van der Waals surface area (Å²) in [5, 5.41) is 1.55. The molecule has 2 aromatic carbocycles. The number of benzene rings is 2. The number of hydrogen-bond acceptors (Lipinski definition) is 1. The van der Waals surface area contributed by atoms with E-state index < -0.39 is 18.6 Å². The lowest BCUT2D eigenvalue weighted by molar-refractivity contribution is -0.666. The molecule has 1 aliphatic carbocycles. The van der Waals surface area contributed by atoms with Crippen molar-refractivity contribution in [1.29, 1.82) is 0 Å². The zero-order chi connectivity index (χ0) is 29.4. The third-order valence-corrected chi connectivity index (χ3v) is 6.93. The van der Waals surface area contributed by atoms with Crippen molar-refractivity contribution in [2.75, 3.05) is 0 Å². The molecule has 33 heavy (non-hydrogen) atoms. The molecular weight excluding hydrogens is 404 g/mol. The van der Waals surface area contributed by atoms with Crippen molar-refractivity contribution in [3.8, 4) is 11.3 Å². The van der Waals surface area contributed by atoms with Gasteiger partial charge in [0.1, 0.15) is 18.2 Å². The van der Waals surface area contributed by atoms with Crippen LogP contribution in [0.4, 0.5) is 5.69 Å². The van der Waals surface area contributed by atoms with Crippen molar-refractivity contribution in [2.45, 2.75) is 71.5 Å². The Morgan fingerprint density at radius 3 is 2.61 bits per heavy atom.